The van der Waals surface area contributed by atoms with Crippen LogP contribution in [0.1, 0.15) is 0 Å². The molecule has 2 aromatic heterocycles. The summed E-state index contributed by atoms with van der Waals surface area (Å²) in [4.78, 5) is 0. The Morgan fingerprint density at radius 1 is 0.364 bits per heavy atom. The molecule has 0 N–H and O–H groups in total. The largest absolute Gasteiger partial charge is 0.456 e. The lowest BCUT2D eigenvalue weighted by Crippen LogP contribution is -1.91. The fraction of sp³-hybridized carbons (Fsp3) is 0. The van der Waals surface area contributed by atoms with Gasteiger partial charge in [0.2, 0.25) is 0 Å². The lowest BCUT2D eigenvalue weighted by Gasteiger charge is -2.19. The summed E-state index contributed by atoms with van der Waals surface area (Å²) in [5.41, 5.74) is 6.83. The lowest BCUT2D eigenvalue weighted by molar-refractivity contribution is 0.669. The highest BCUT2D eigenvalue weighted by Gasteiger charge is 2.20. The molecule has 0 bridgehead atoms. The molecule has 8 aromatic carbocycles. The highest BCUT2D eigenvalue weighted by atomic mass is 32.1. The summed E-state index contributed by atoms with van der Waals surface area (Å²) >= 11 is 1.89. The zero-order chi connectivity index (χ0) is 28.8. The third-order valence-corrected chi connectivity index (χ3v) is 10.4. The van der Waals surface area contributed by atoms with E-state index in [1.54, 1.807) is 0 Å². The lowest BCUT2D eigenvalue weighted by atomic mass is 9.84. The number of hydrogen-bond acceptors (Lipinski definition) is 2. The predicted molar refractivity (Wildman–Crippen MR) is 190 cm³/mol. The standard InChI is InChI=1S/C42H24OS/c1-2-13-29-26(11-1)35(24-39-42(29)34-18-8-10-20-38(34)44-39)41-32-16-5-3-14-30(32)40(31-15-4-6-17-33(31)41)25-21-22-28-27-12-7-9-19-36(27)43-37(28)23-25/h1-24H. The van der Waals surface area contributed by atoms with Crippen molar-refractivity contribution in [1.29, 1.82) is 0 Å². The second kappa shape index (κ2) is 9.03. The maximum absolute atomic E-state index is 6.35. The van der Waals surface area contributed by atoms with E-state index < -0.39 is 0 Å². The van der Waals surface area contributed by atoms with E-state index in [-0.39, 0.29) is 0 Å². The van der Waals surface area contributed by atoms with E-state index >= 15 is 0 Å². The van der Waals surface area contributed by atoms with Crippen LogP contribution in [0, 0.1) is 0 Å². The highest BCUT2D eigenvalue weighted by Crippen LogP contribution is 2.49. The maximum atomic E-state index is 6.35. The molecule has 1 nitrogen and oxygen atoms in total. The minimum atomic E-state index is 0.919. The molecular weight excluding hydrogens is 553 g/mol. The van der Waals surface area contributed by atoms with Gasteiger partial charge >= 0.3 is 0 Å². The van der Waals surface area contributed by atoms with Gasteiger partial charge in [-0.3, -0.25) is 0 Å². The second-order valence-corrected chi connectivity index (χ2v) is 12.7. The maximum Gasteiger partial charge on any atom is 0.136 e. The summed E-state index contributed by atoms with van der Waals surface area (Å²) in [5, 5.41) is 12.6. The Kier molecular flexibility index (Phi) is 4.94. The first kappa shape index (κ1) is 24.0. The molecule has 44 heavy (non-hydrogen) atoms. The van der Waals surface area contributed by atoms with Crippen LogP contribution in [0.15, 0.2) is 150 Å². The molecule has 0 aliphatic heterocycles. The Labute approximate surface area is 257 Å². The molecule has 0 saturated heterocycles. The first-order valence-corrected chi connectivity index (χ1v) is 15.8. The van der Waals surface area contributed by atoms with Crippen LogP contribution in [-0.4, -0.2) is 0 Å². The summed E-state index contributed by atoms with van der Waals surface area (Å²) in [6.07, 6.45) is 0. The molecule has 0 atom stereocenters. The first-order valence-electron chi connectivity index (χ1n) is 15.0. The number of rotatable bonds is 2. The summed E-state index contributed by atoms with van der Waals surface area (Å²) in [6, 6.07) is 53.0. The molecule has 0 aliphatic rings. The molecule has 0 spiro atoms. The van der Waals surface area contributed by atoms with Crippen molar-refractivity contribution in [3.8, 4) is 22.3 Å². The van der Waals surface area contributed by atoms with Gasteiger partial charge in [-0.05, 0) is 84.9 Å². The molecule has 204 valence electrons. The molecule has 0 fully saturated rings. The Balaban J connectivity index is 1.34. The Hall–Kier alpha value is -5.44. The Morgan fingerprint density at radius 2 is 0.909 bits per heavy atom. The molecule has 0 unspecified atom stereocenters. The van der Waals surface area contributed by atoms with E-state index in [0.717, 1.165) is 21.9 Å². The zero-order valence-electron chi connectivity index (χ0n) is 23.7. The van der Waals surface area contributed by atoms with Crippen molar-refractivity contribution >= 4 is 85.8 Å². The number of benzene rings is 8. The third-order valence-electron chi connectivity index (χ3n) is 9.25. The fourth-order valence-electron chi connectivity index (χ4n) is 7.41. The minimum Gasteiger partial charge on any atom is -0.456 e. The van der Waals surface area contributed by atoms with Gasteiger partial charge in [0, 0.05) is 30.9 Å². The molecule has 2 heterocycles. The molecular formula is C42H24OS. The SMILES string of the molecule is c1ccc2c(c1)oc1cc(-c3c4ccccc4c(-c4cc5sc6ccccc6c5c5ccccc45)c4ccccc34)ccc12. The van der Waals surface area contributed by atoms with Gasteiger partial charge in [0.15, 0.2) is 0 Å². The quantitative estimate of drug-likeness (QED) is 0.187. The van der Waals surface area contributed by atoms with Gasteiger partial charge in [-0.15, -0.1) is 11.3 Å². The van der Waals surface area contributed by atoms with E-state index in [9.17, 15) is 0 Å². The van der Waals surface area contributed by atoms with E-state index in [0.29, 0.717) is 0 Å². The van der Waals surface area contributed by atoms with Gasteiger partial charge < -0.3 is 4.42 Å². The number of thiophene rings is 1. The molecule has 10 rings (SSSR count). The molecule has 0 aliphatic carbocycles. The number of fused-ring (bicyclic) bond motifs is 10. The van der Waals surface area contributed by atoms with E-state index in [2.05, 4.69) is 133 Å². The summed E-state index contributed by atoms with van der Waals surface area (Å²) in [7, 11) is 0. The second-order valence-electron chi connectivity index (χ2n) is 11.6. The number of furan rings is 1. The topological polar surface area (TPSA) is 13.1 Å². The van der Waals surface area contributed by atoms with Crippen molar-refractivity contribution in [2.24, 2.45) is 0 Å². The van der Waals surface area contributed by atoms with Gasteiger partial charge in [0.25, 0.3) is 0 Å². The average molecular weight is 577 g/mol. The molecule has 0 radical (unpaired) electrons. The summed E-state index contributed by atoms with van der Waals surface area (Å²) in [6.45, 7) is 0. The molecule has 0 saturated carbocycles. The molecule has 2 heteroatoms. The summed E-state index contributed by atoms with van der Waals surface area (Å²) < 4.78 is 9.00. The first-order chi connectivity index (χ1) is 21.8. The van der Waals surface area contributed by atoms with Crippen LogP contribution >= 0.6 is 11.3 Å². The Morgan fingerprint density at radius 3 is 1.64 bits per heavy atom. The molecule has 10 aromatic rings. The van der Waals surface area contributed by atoms with Crippen LogP contribution in [0.3, 0.4) is 0 Å². The monoisotopic (exact) mass is 576 g/mol. The number of para-hydroxylation sites is 1. The summed E-state index contributed by atoms with van der Waals surface area (Å²) in [5.74, 6) is 0. The van der Waals surface area contributed by atoms with Gasteiger partial charge in [0.1, 0.15) is 11.2 Å². The third kappa shape index (κ3) is 3.29. The van der Waals surface area contributed by atoms with Crippen molar-refractivity contribution in [2.45, 2.75) is 0 Å². The normalized spacial score (nSPS) is 12.1. The smallest absolute Gasteiger partial charge is 0.136 e. The van der Waals surface area contributed by atoms with Crippen LogP contribution in [0.4, 0.5) is 0 Å². The molecule has 0 amide bonds. The van der Waals surface area contributed by atoms with Crippen LogP contribution in [-0.2, 0) is 0 Å². The minimum absolute atomic E-state index is 0.919. The van der Waals surface area contributed by atoms with Crippen LogP contribution < -0.4 is 0 Å². The zero-order valence-corrected chi connectivity index (χ0v) is 24.5. The highest BCUT2D eigenvalue weighted by molar-refractivity contribution is 7.26. The average Bonchev–Trinajstić information content (AvgIpc) is 3.65. The van der Waals surface area contributed by atoms with Crippen molar-refractivity contribution < 1.29 is 4.42 Å². The van der Waals surface area contributed by atoms with Gasteiger partial charge in [-0.2, -0.15) is 0 Å². The number of hydrogen-bond donors (Lipinski definition) is 0. The van der Waals surface area contributed by atoms with Crippen molar-refractivity contribution in [2.75, 3.05) is 0 Å². The van der Waals surface area contributed by atoms with Gasteiger partial charge in [-0.1, -0.05) is 115 Å². The predicted octanol–water partition coefficient (Wildman–Crippen LogP) is 12.7. The van der Waals surface area contributed by atoms with Crippen LogP contribution in [0.2, 0.25) is 0 Å². The van der Waals surface area contributed by atoms with Gasteiger partial charge in [0.05, 0.1) is 0 Å². The van der Waals surface area contributed by atoms with Crippen molar-refractivity contribution in [3.63, 3.8) is 0 Å². The van der Waals surface area contributed by atoms with Crippen LogP contribution in [0.5, 0.6) is 0 Å². The fourth-order valence-corrected chi connectivity index (χ4v) is 8.57. The van der Waals surface area contributed by atoms with E-state index in [4.69, 9.17) is 4.42 Å². The van der Waals surface area contributed by atoms with Crippen molar-refractivity contribution in [3.05, 3.63) is 146 Å². The van der Waals surface area contributed by atoms with E-state index in [1.807, 2.05) is 23.5 Å². The van der Waals surface area contributed by atoms with Crippen LogP contribution in [0.25, 0.3) is 96.7 Å². The Bertz CT molecular complexity index is 2720. The van der Waals surface area contributed by atoms with E-state index in [1.165, 1.54) is 74.7 Å². The van der Waals surface area contributed by atoms with Crippen molar-refractivity contribution in [1.82, 2.24) is 0 Å². The van der Waals surface area contributed by atoms with Gasteiger partial charge in [-0.25, -0.2) is 0 Å².